The van der Waals surface area contributed by atoms with E-state index in [-0.39, 0.29) is 30.1 Å². The standard InChI is InChI=1S/C19H36N6O.HI/c1-6-17-23-18-10-9-15(13-25(18)24-17)22-19(20-7-2)21-12-11-16(14(4)5)26-8-3;/h14-16H,6-13H2,1-5H3,(H2,20,21,22);1H. The van der Waals surface area contributed by atoms with Gasteiger partial charge in [-0.2, -0.15) is 5.10 Å². The van der Waals surface area contributed by atoms with E-state index in [1.165, 1.54) is 0 Å². The van der Waals surface area contributed by atoms with Crippen molar-refractivity contribution in [1.29, 1.82) is 0 Å². The summed E-state index contributed by atoms with van der Waals surface area (Å²) in [6, 6.07) is 0.333. The first-order valence-electron chi connectivity index (χ1n) is 10.2. The molecular weight excluding hydrogens is 455 g/mol. The topological polar surface area (TPSA) is 76.4 Å². The molecule has 2 rings (SSSR count). The maximum Gasteiger partial charge on any atom is 0.191 e. The molecular formula is C19H37IN6O. The third-order valence-corrected chi connectivity index (χ3v) is 4.71. The van der Waals surface area contributed by atoms with Gasteiger partial charge < -0.3 is 15.4 Å². The van der Waals surface area contributed by atoms with Crippen LogP contribution < -0.4 is 10.6 Å². The molecule has 156 valence electrons. The lowest BCUT2D eigenvalue weighted by Gasteiger charge is -2.25. The Hall–Kier alpha value is -0.900. The maximum absolute atomic E-state index is 5.82. The maximum atomic E-state index is 5.82. The molecule has 2 N–H and O–H groups in total. The molecule has 0 aliphatic carbocycles. The quantitative estimate of drug-likeness (QED) is 0.315. The van der Waals surface area contributed by atoms with Crippen LogP contribution in [0.15, 0.2) is 4.99 Å². The van der Waals surface area contributed by atoms with Crippen molar-refractivity contribution in [2.24, 2.45) is 10.9 Å². The summed E-state index contributed by atoms with van der Waals surface area (Å²) in [4.78, 5) is 9.34. The van der Waals surface area contributed by atoms with E-state index in [4.69, 9.17) is 9.73 Å². The molecule has 1 aromatic heterocycles. The average Bonchev–Trinajstić information content (AvgIpc) is 3.03. The first-order chi connectivity index (χ1) is 12.6. The Labute approximate surface area is 181 Å². The van der Waals surface area contributed by atoms with Gasteiger partial charge in [0.25, 0.3) is 0 Å². The zero-order chi connectivity index (χ0) is 18.9. The molecule has 0 saturated heterocycles. The van der Waals surface area contributed by atoms with Gasteiger partial charge in [0.15, 0.2) is 11.8 Å². The zero-order valence-corrected chi connectivity index (χ0v) is 19.8. The first kappa shape index (κ1) is 24.1. The van der Waals surface area contributed by atoms with E-state index in [0.717, 1.165) is 69.5 Å². The van der Waals surface area contributed by atoms with Crippen LogP contribution in [0.5, 0.6) is 0 Å². The lowest BCUT2D eigenvalue weighted by atomic mass is 10.0. The monoisotopic (exact) mass is 492 g/mol. The van der Waals surface area contributed by atoms with E-state index < -0.39 is 0 Å². The number of nitrogens with zero attached hydrogens (tertiary/aromatic N) is 4. The molecule has 7 nitrogen and oxygen atoms in total. The molecule has 2 atom stereocenters. The second kappa shape index (κ2) is 12.5. The average molecular weight is 492 g/mol. The van der Waals surface area contributed by atoms with E-state index in [1.807, 2.05) is 4.68 Å². The number of aromatic nitrogens is 3. The number of nitrogens with one attached hydrogen (secondary N) is 2. The molecule has 0 spiro atoms. The van der Waals surface area contributed by atoms with Crippen LogP contribution in [0.4, 0.5) is 0 Å². The van der Waals surface area contributed by atoms with Crippen LogP contribution in [-0.2, 0) is 24.1 Å². The fourth-order valence-electron chi connectivity index (χ4n) is 3.27. The van der Waals surface area contributed by atoms with Crippen molar-refractivity contribution in [3.8, 4) is 0 Å². The van der Waals surface area contributed by atoms with Crippen LogP contribution in [-0.4, -0.2) is 52.6 Å². The van der Waals surface area contributed by atoms with Crippen LogP contribution in [0.3, 0.4) is 0 Å². The van der Waals surface area contributed by atoms with Gasteiger partial charge >= 0.3 is 0 Å². The summed E-state index contributed by atoms with van der Waals surface area (Å²) in [6.45, 7) is 13.9. The normalized spacial score (nSPS) is 18.0. The van der Waals surface area contributed by atoms with Gasteiger partial charge in [0, 0.05) is 38.6 Å². The number of hydrogen-bond donors (Lipinski definition) is 2. The van der Waals surface area contributed by atoms with Crippen molar-refractivity contribution < 1.29 is 4.74 Å². The zero-order valence-electron chi connectivity index (χ0n) is 17.5. The van der Waals surface area contributed by atoms with Crippen LogP contribution in [0, 0.1) is 5.92 Å². The molecule has 2 heterocycles. The molecule has 0 amide bonds. The minimum absolute atomic E-state index is 0. The third kappa shape index (κ3) is 7.56. The number of halogens is 1. The molecule has 0 bridgehead atoms. The van der Waals surface area contributed by atoms with E-state index in [2.05, 4.69) is 55.3 Å². The summed E-state index contributed by atoms with van der Waals surface area (Å²) in [5.41, 5.74) is 0. The summed E-state index contributed by atoms with van der Waals surface area (Å²) in [5.74, 6) is 3.45. The van der Waals surface area contributed by atoms with Gasteiger partial charge in [-0.15, -0.1) is 24.0 Å². The Morgan fingerprint density at radius 1 is 1.33 bits per heavy atom. The highest BCUT2D eigenvalue weighted by Gasteiger charge is 2.22. The Bertz CT molecular complexity index is 575. The number of aliphatic imine (C=N–C) groups is 1. The van der Waals surface area contributed by atoms with Gasteiger partial charge in [-0.25, -0.2) is 9.67 Å². The van der Waals surface area contributed by atoms with Crippen molar-refractivity contribution in [3.63, 3.8) is 0 Å². The number of rotatable bonds is 9. The molecule has 0 aromatic carbocycles. The smallest absolute Gasteiger partial charge is 0.191 e. The van der Waals surface area contributed by atoms with Crippen molar-refractivity contribution in [3.05, 3.63) is 11.6 Å². The fraction of sp³-hybridized carbons (Fsp3) is 0.842. The van der Waals surface area contributed by atoms with Crippen molar-refractivity contribution in [1.82, 2.24) is 25.4 Å². The van der Waals surface area contributed by atoms with Crippen LogP contribution in [0.2, 0.25) is 0 Å². The SMILES string of the molecule is CCNC(=NCCC(OCC)C(C)C)NC1CCc2nc(CC)nn2C1.I. The highest BCUT2D eigenvalue weighted by molar-refractivity contribution is 14.0. The predicted molar refractivity (Wildman–Crippen MR) is 121 cm³/mol. The van der Waals surface area contributed by atoms with E-state index >= 15 is 0 Å². The van der Waals surface area contributed by atoms with Gasteiger partial charge in [-0.05, 0) is 32.6 Å². The highest BCUT2D eigenvalue weighted by Crippen LogP contribution is 2.14. The second-order valence-corrected chi connectivity index (χ2v) is 7.15. The van der Waals surface area contributed by atoms with Crippen molar-refractivity contribution in [2.75, 3.05) is 19.7 Å². The summed E-state index contributed by atoms with van der Waals surface area (Å²) in [5, 5.41) is 11.5. The number of fused-ring (bicyclic) bond motifs is 1. The van der Waals surface area contributed by atoms with Crippen LogP contribution in [0.25, 0.3) is 0 Å². The predicted octanol–water partition coefficient (Wildman–Crippen LogP) is 2.78. The Kier molecular flexibility index (Phi) is 11.2. The molecule has 2 unspecified atom stereocenters. The minimum Gasteiger partial charge on any atom is -0.378 e. The minimum atomic E-state index is 0. The number of guanidine groups is 1. The second-order valence-electron chi connectivity index (χ2n) is 7.15. The van der Waals surface area contributed by atoms with Gasteiger partial charge in [0.05, 0.1) is 12.6 Å². The molecule has 1 aliphatic rings. The molecule has 0 fully saturated rings. The Morgan fingerprint density at radius 3 is 2.74 bits per heavy atom. The molecule has 1 aliphatic heterocycles. The highest BCUT2D eigenvalue weighted by atomic mass is 127. The first-order valence-corrected chi connectivity index (χ1v) is 10.2. The van der Waals surface area contributed by atoms with Gasteiger partial charge in [0.2, 0.25) is 0 Å². The Morgan fingerprint density at radius 2 is 2.11 bits per heavy atom. The van der Waals surface area contributed by atoms with Crippen molar-refractivity contribution in [2.45, 2.75) is 79.0 Å². The lowest BCUT2D eigenvalue weighted by molar-refractivity contribution is 0.0266. The summed E-state index contributed by atoms with van der Waals surface area (Å²) < 4.78 is 7.87. The van der Waals surface area contributed by atoms with E-state index in [1.54, 1.807) is 0 Å². The molecule has 27 heavy (non-hydrogen) atoms. The van der Waals surface area contributed by atoms with Crippen LogP contribution >= 0.6 is 24.0 Å². The largest absolute Gasteiger partial charge is 0.378 e. The molecule has 1 aromatic rings. The fourth-order valence-corrected chi connectivity index (χ4v) is 3.27. The van der Waals surface area contributed by atoms with Gasteiger partial charge in [-0.3, -0.25) is 4.99 Å². The van der Waals surface area contributed by atoms with Gasteiger partial charge in [0.1, 0.15) is 5.82 Å². The summed E-state index contributed by atoms with van der Waals surface area (Å²) in [6.07, 6.45) is 4.12. The summed E-state index contributed by atoms with van der Waals surface area (Å²) >= 11 is 0. The number of ether oxygens (including phenoxy) is 1. The molecule has 0 saturated carbocycles. The van der Waals surface area contributed by atoms with Gasteiger partial charge in [-0.1, -0.05) is 20.8 Å². The van der Waals surface area contributed by atoms with E-state index in [9.17, 15) is 0 Å². The lowest BCUT2D eigenvalue weighted by Crippen LogP contribution is -2.47. The van der Waals surface area contributed by atoms with Crippen molar-refractivity contribution >= 4 is 29.9 Å². The van der Waals surface area contributed by atoms with E-state index in [0.29, 0.717) is 12.0 Å². The van der Waals surface area contributed by atoms with Crippen LogP contribution in [0.1, 0.15) is 59.1 Å². The number of aryl methyl sites for hydroxylation is 2. The third-order valence-electron chi connectivity index (χ3n) is 4.71. The number of hydrogen-bond acceptors (Lipinski definition) is 4. The molecule has 0 radical (unpaired) electrons. The summed E-state index contributed by atoms with van der Waals surface area (Å²) in [7, 11) is 0. The Balaban J connectivity index is 0.00000364. The molecule has 8 heteroatoms.